The minimum atomic E-state index is -0.0132. The Labute approximate surface area is 86.5 Å². The molecule has 1 heterocycles. The van der Waals surface area contributed by atoms with Crippen molar-refractivity contribution in [1.82, 2.24) is 9.97 Å². The summed E-state index contributed by atoms with van der Waals surface area (Å²) < 4.78 is 0. The molecular weight excluding hydrogens is 172 g/mol. The van der Waals surface area contributed by atoms with Crippen LogP contribution in [0.1, 0.15) is 39.1 Å². The zero-order valence-corrected chi connectivity index (χ0v) is 9.59. The third kappa shape index (κ3) is 2.25. The monoisotopic (exact) mass is 192 g/mol. The van der Waals surface area contributed by atoms with Gasteiger partial charge in [-0.1, -0.05) is 33.8 Å². The second kappa shape index (κ2) is 3.99. The van der Waals surface area contributed by atoms with E-state index in [0.29, 0.717) is 5.92 Å². The Kier molecular flexibility index (Phi) is 3.14. The van der Waals surface area contributed by atoms with Crippen LogP contribution < -0.4 is 0 Å². The van der Waals surface area contributed by atoms with E-state index in [9.17, 15) is 0 Å². The molecule has 1 N–H and O–H groups in total. The Bertz CT molecular complexity index is 308. The summed E-state index contributed by atoms with van der Waals surface area (Å²) in [5.41, 5.74) is 2.35. The molecule has 0 saturated carbocycles. The first kappa shape index (κ1) is 11.0. The van der Waals surface area contributed by atoms with Crippen molar-refractivity contribution in [2.75, 3.05) is 0 Å². The molecule has 0 radical (unpaired) electrons. The Morgan fingerprint density at radius 1 is 1.57 bits per heavy atom. The number of hydrogen-bond donors (Lipinski definition) is 1. The molecule has 0 aliphatic rings. The van der Waals surface area contributed by atoms with Crippen molar-refractivity contribution in [3.8, 4) is 0 Å². The van der Waals surface area contributed by atoms with Crippen molar-refractivity contribution in [3.63, 3.8) is 0 Å². The summed E-state index contributed by atoms with van der Waals surface area (Å²) in [6, 6.07) is 0. The third-order valence-corrected chi connectivity index (χ3v) is 2.47. The normalized spacial score (nSPS) is 12.1. The van der Waals surface area contributed by atoms with Gasteiger partial charge in [-0.15, -0.1) is 6.58 Å². The molecule has 0 spiro atoms. The summed E-state index contributed by atoms with van der Waals surface area (Å²) >= 11 is 0. The maximum atomic E-state index is 4.37. The Balaban J connectivity index is 2.98. The molecule has 1 rings (SSSR count). The van der Waals surface area contributed by atoms with E-state index in [1.165, 1.54) is 11.4 Å². The van der Waals surface area contributed by atoms with Crippen molar-refractivity contribution in [3.05, 3.63) is 30.4 Å². The number of imidazole rings is 1. The Morgan fingerprint density at radius 3 is 2.71 bits per heavy atom. The van der Waals surface area contributed by atoms with Crippen molar-refractivity contribution in [1.29, 1.82) is 0 Å². The predicted octanol–water partition coefficient (Wildman–Crippen LogP) is 3.07. The zero-order chi connectivity index (χ0) is 10.8. The van der Waals surface area contributed by atoms with Crippen LogP contribution in [0.15, 0.2) is 19.0 Å². The topological polar surface area (TPSA) is 28.7 Å². The van der Waals surface area contributed by atoms with Crippen LogP contribution >= 0.6 is 0 Å². The van der Waals surface area contributed by atoms with Gasteiger partial charge in [0.05, 0.1) is 12.0 Å². The molecule has 0 aliphatic carbocycles. The van der Waals surface area contributed by atoms with Crippen LogP contribution in [0.5, 0.6) is 0 Å². The smallest absolute Gasteiger partial charge is 0.0925 e. The molecule has 2 nitrogen and oxygen atoms in total. The molecule has 2 heteroatoms. The lowest BCUT2D eigenvalue weighted by Gasteiger charge is -2.20. The van der Waals surface area contributed by atoms with Gasteiger partial charge in [0.2, 0.25) is 0 Å². The standard InChI is InChI=1S/C12H20N2/c1-6-12(4,5)11-10(7-9(2)3)13-8-14-11/h6,8-9H,1,7H2,2-5H3,(H,13,14). The summed E-state index contributed by atoms with van der Waals surface area (Å²) in [4.78, 5) is 7.59. The van der Waals surface area contributed by atoms with Crippen LogP contribution in [0.2, 0.25) is 0 Å². The zero-order valence-electron chi connectivity index (χ0n) is 9.59. The maximum Gasteiger partial charge on any atom is 0.0925 e. The molecule has 0 atom stereocenters. The van der Waals surface area contributed by atoms with Crippen LogP contribution in [-0.4, -0.2) is 9.97 Å². The molecule has 0 unspecified atom stereocenters. The van der Waals surface area contributed by atoms with E-state index in [2.05, 4.69) is 44.2 Å². The van der Waals surface area contributed by atoms with Gasteiger partial charge < -0.3 is 4.98 Å². The Morgan fingerprint density at radius 2 is 2.21 bits per heavy atom. The molecule has 0 fully saturated rings. The first-order valence-corrected chi connectivity index (χ1v) is 5.13. The van der Waals surface area contributed by atoms with Crippen LogP contribution in [0.25, 0.3) is 0 Å². The number of H-pyrrole nitrogens is 1. The van der Waals surface area contributed by atoms with E-state index in [4.69, 9.17) is 0 Å². The number of aromatic nitrogens is 2. The SMILES string of the molecule is C=CC(C)(C)c1[nH]cnc1CC(C)C. The van der Waals surface area contributed by atoms with Crippen molar-refractivity contribution >= 4 is 0 Å². The maximum absolute atomic E-state index is 4.37. The predicted molar refractivity (Wildman–Crippen MR) is 60.4 cm³/mol. The van der Waals surface area contributed by atoms with Gasteiger partial charge in [0.15, 0.2) is 0 Å². The number of rotatable bonds is 4. The molecule has 0 aromatic carbocycles. The first-order chi connectivity index (χ1) is 6.47. The van der Waals surface area contributed by atoms with Crippen LogP contribution in [0, 0.1) is 5.92 Å². The fraction of sp³-hybridized carbons (Fsp3) is 0.583. The summed E-state index contributed by atoms with van der Waals surface area (Å²) in [6.45, 7) is 12.6. The summed E-state index contributed by atoms with van der Waals surface area (Å²) in [7, 11) is 0. The quantitative estimate of drug-likeness (QED) is 0.730. The van der Waals surface area contributed by atoms with Crippen LogP contribution in [0.3, 0.4) is 0 Å². The van der Waals surface area contributed by atoms with Gasteiger partial charge in [-0.3, -0.25) is 0 Å². The summed E-state index contributed by atoms with van der Waals surface area (Å²) in [5.74, 6) is 0.637. The van der Waals surface area contributed by atoms with E-state index in [-0.39, 0.29) is 5.41 Å². The van der Waals surface area contributed by atoms with E-state index in [1.54, 1.807) is 6.33 Å². The number of nitrogens with zero attached hydrogens (tertiary/aromatic N) is 1. The highest BCUT2D eigenvalue weighted by atomic mass is 14.9. The average molecular weight is 192 g/mol. The lowest BCUT2D eigenvalue weighted by Crippen LogP contribution is -2.16. The molecular formula is C12H20N2. The summed E-state index contributed by atoms with van der Waals surface area (Å²) in [5, 5.41) is 0. The molecule has 0 amide bonds. The highest BCUT2D eigenvalue weighted by molar-refractivity contribution is 5.25. The van der Waals surface area contributed by atoms with Crippen molar-refractivity contribution in [2.24, 2.45) is 5.92 Å². The molecule has 1 aromatic heterocycles. The second-order valence-corrected chi connectivity index (χ2v) is 4.75. The van der Waals surface area contributed by atoms with Crippen LogP contribution in [-0.2, 0) is 11.8 Å². The van der Waals surface area contributed by atoms with Gasteiger partial charge in [-0.2, -0.15) is 0 Å². The third-order valence-electron chi connectivity index (χ3n) is 2.47. The first-order valence-electron chi connectivity index (χ1n) is 5.13. The summed E-state index contributed by atoms with van der Waals surface area (Å²) in [6.07, 6.45) is 4.76. The van der Waals surface area contributed by atoms with Gasteiger partial charge in [-0.05, 0) is 12.3 Å². The van der Waals surface area contributed by atoms with Gasteiger partial charge in [0.25, 0.3) is 0 Å². The van der Waals surface area contributed by atoms with Gasteiger partial charge in [-0.25, -0.2) is 4.98 Å². The molecule has 0 saturated heterocycles. The molecule has 0 bridgehead atoms. The number of aromatic amines is 1. The highest BCUT2D eigenvalue weighted by Crippen LogP contribution is 2.25. The largest absolute Gasteiger partial charge is 0.348 e. The van der Waals surface area contributed by atoms with E-state index in [0.717, 1.165) is 6.42 Å². The fourth-order valence-electron chi connectivity index (χ4n) is 1.52. The van der Waals surface area contributed by atoms with E-state index < -0.39 is 0 Å². The second-order valence-electron chi connectivity index (χ2n) is 4.75. The van der Waals surface area contributed by atoms with Crippen molar-refractivity contribution < 1.29 is 0 Å². The molecule has 0 aliphatic heterocycles. The molecule has 1 aromatic rings. The Hall–Kier alpha value is -1.05. The highest BCUT2D eigenvalue weighted by Gasteiger charge is 2.22. The van der Waals surface area contributed by atoms with Gasteiger partial charge >= 0.3 is 0 Å². The van der Waals surface area contributed by atoms with E-state index >= 15 is 0 Å². The minimum Gasteiger partial charge on any atom is -0.348 e. The van der Waals surface area contributed by atoms with Gasteiger partial charge in [0.1, 0.15) is 0 Å². The fourth-order valence-corrected chi connectivity index (χ4v) is 1.52. The van der Waals surface area contributed by atoms with Crippen molar-refractivity contribution in [2.45, 2.75) is 39.5 Å². The van der Waals surface area contributed by atoms with Crippen LogP contribution in [0.4, 0.5) is 0 Å². The average Bonchev–Trinajstić information content (AvgIpc) is 2.52. The lowest BCUT2D eigenvalue weighted by atomic mass is 9.87. The molecule has 78 valence electrons. The number of hydrogen-bond acceptors (Lipinski definition) is 1. The number of nitrogens with one attached hydrogen (secondary N) is 1. The molecule has 14 heavy (non-hydrogen) atoms. The van der Waals surface area contributed by atoms with E-state index in [1.807, 2.05) is 6.08 Å². The minimum absolute atomic E-state index is 0.0132. The lowest BCUT2D eigenvalue weighted by molar-refractivity contribution is 0.597. The van der Waals surface area contributed by atoms with Gasteiger partial charge in [0, 0.05) is 11.1 Å². The number of allylic oxidation sites excluding steroid dienone is 1.